The molecule has 11 nitrogen and oxygen atoms in total. The number of methoxy groups -OCH3 is 1. The van der Waals surface area contributed by atoms with Crippen molar-refractivity contribution in [3.8, 4) is 34.1 Å². The van der Waals surface area contributed by atoms with Gasteiger partial charge in [-0.3, -0.25) is 28.2 Å². The third-order valence-corrected chi connectivity index (χ3v) is 6.64. The molecule has 0 fully saturated rings. The molecule has 0 radical (unpaired) electrons. The monoisotopic (exact) mass is 608 g/mol. The van der Waals surface area contributed by atoms with Crippen LogP contribution in [0.1, 0.15) is 30.7 Å². The molecule has 0 amide bonds. The zero-order valence-corrected chi connectivity index (χ0v) is 27.2. The number of hydrogen-bond acceptors (Lipinski definition) is 8. The maximum Gasteiger partial charge on any atom is 1.00 e. The zero-order valence-electron chi connectivity index (χ0n) is 25.0. The summed E-state index contributed by atoms with van der Waals surface area (Å²) in [6.07, 6.45) is 0.679. The van der Waals surface area contributed by atoms with E-state index in [2.05, 4.69) is 14.7 Å². The Morgan fingerprint density at radius 3 is 2.28 bits per heavy atom. The van der Waals surface area contributed by atoms with Crippen LogP contribution in [0.25, 0.3) is 22.5 Å². The van der Waals surface area contributed by atoms with Gasteiger partial charge in [0.2, 0.25) is 5.88 Å². The van der Waals surface area contributed by atoms with E-state index in [4.69, 9.17) is 9.47 Å². The minimum Gasteiger partial charge on any atom is -1.00 e. The number of aromatic nitrogens is 4. The molecule has 3 aromatic carbocycles. The third-order valence-electron chi connectivity index (χ3n) is 6.64. The molecule has 0 unspecified atom stereocenters. The predicted octanol–water partition coefficient (Wildman–Crippen LogP) is 0.865. The van der Waals surface area contributed by atoms with Gasteiger partial charge in [0.15, 0.2) is 11.6 Å². The van der Waals surface area contributed by atoms with Crippen LogP contribution in [0.15, 0.2) is 97.8 Å². The van der Waals surface area contributed by atoms with Crippen molar-refractivity contribution >= 4 is 5.78 Å². The van der Waals surface area contributed by atoms with Crippen molar-refractivity contribution in [1.82, 2.24) is 19.3 Å². The zero-order chi connectivity index (χ0) is 29.6. The number of nitrogens with zero attached hydrogens (tertiary/aromatic N) is 3. The van der Waals surface area contributed by atoms with Gasteiger partial charge in [0.05, 0.1) is 32.9 Å². The van der Waals surface area contributed by atoms with E-state index >= 15 is 0 Å². The molecule has 216 valence electrons. The molecule has 0 saturated carbocycles. The van der Waals surface area contributed by atoms with Gasteiger partial charge in [-0.05, 0) is 47.4 Å². The van der Waals surface area contributed by atoms with E-state index in [-0.39, 0.29) is 71.0 Å². The summed E-state index contributed by atoms with van der Waals surface area (Å²) in [6.45, 7) is 1.92. The molecule has 0 aliphatic rings. The topological polar surface area (TPSA) is 138 Å². The third kappa shape index (κ3) is 7.40. The Morgan fingerprint density at radius 2 is 1.65 bits per heavy atom. The van der Waals surface area contributed by atoms with E-state index < -0.39 is 23.5 Å². The van der Waals surface area contributed by atoms with E-state index in [1.54, 1.807) is 24.3 Å². The van der Waals surface area contributed by atoms with Gasteiger partial charge in [0.1, 0.15) is 5.75 Å². The Bertz CT molecular complexity index is 1890. The summed E-state index contributed by atoms with van der Waals surface area (Å²) >= 11 is 0. The van der Waals surface area contributed by atoms with Gasteiger partial charge >= 0.3 is 62.8 Å². The van der Waals surface area contributed by atoms with Crippen molar-refractivity contribution in [3.05, 3.63) is 121 Å². The number of Topliss-reactive ketones (excluding diaryl/α,β-unsaturated/α-hetero) is 1. The first-order valence-electron chi connectivity index (χ1n) is 13.3. The van der Waals surface area contributed by atoms with E-state index in [1.165, 1.54) is 17.7 Å². The van der Waals surface area contributed by atoms with Crippen molar-refractivity contribution in [2.24, 2.45) is 0 Å². The molecule has 0 bridgehead atoms. The van der Waals surface area contributed by atoms with Crippen LogP contribution in [-0.4, -0.2) is 38.8 Å². The number of aromatic amines is 1. The van der Waals surface area contributed by atoms with Crippen molar-refractivity contribution in [2.75, 3.05) is 13.7 Å². The Morgan fingerprint density at radius 1 is 0.953 bits per heavy atom. The second-order valence-corrected chi connectivity index (χ2v) is 9.46. The standard InChI is InChI=1S/C31H28N4O7.K.H/c1-3-16-41-28-17-27(37)34(19-26(36)22-12-14-23(40-2)15-13-22)31(39)35(28)18-20-8-10-21(11-9-20)24-6-4-5-7-25(24)29-32-30(38)42-33-29;;/h4-15,17H,3,16,18-19H2,1-2H3,(H,32,33,38);;/q;+1;-1. The Hall–Kier alpha value is -3.81. The second-order valence-electron chi connectivity index (χ2n) is 9.46. The molecule has 5 aromatic rings. The fourth-order valence-corrected chi connectivity index (χ4v) is 4.48. The molecule has 5 rings (SSSR count). The summed E-state index contributed by atoms with van der Waals surface area (Å²) in [5.41, 5.74) is 2.20. The largest absolute Gasteiger partial charge is 1.00 e. The van der Waals surface area contributed by atoms with Crippen LogP contribution in [0.3, 0.4) is 0 Å². The molecule has 12 heteroatoms. The molecule has 2 heterocycles. The number of hydrogen-bond donors (Lipinski definition) is 1. The molecular weight excluding hydrogens is 579 g/mol. The minimum absolute atomic E-state index is 0. The number of ketones is 1. The van der Waals surface area contributed by atoms with Crippen LogP contribution >= 0.6 is 0 Å². The summed E-state index contributed by atoms with van der Waals surface area (Å²) in [5.74, 6) is 0.00158. The smallest absolute Gasteiger partial charge is 1.00 e. The summed E-state index contributed by atoms with van der Waals surface area (Å²) in [7, 11) is 1.52. The van der Waals surface area contributed by atoms with Gasteiger partial charge in [0, 0.05) is 11.1 Å². The number of ether oxygens (including phenoxy) is 2. The number of H-pyrrole nitrogens is 1. The minimum atomic E-state index is -0.653. The number of carbonyl (C=O) groups excluding carboxylic acids is 1. The van der Waals surface area contributed by atoms with Crippen LogP contribution < -0.4 is 77.9 Å². The molecular formula is C31H29KN4O7. The SMILES string of the molecule is CCCOc1cc(=O)n(CC(=O)c2ccc(OC)cc2)c(=O)n1Cc1ccc(-c2ccccc2-c2noc(=O)[nH]2)cc1.[H-].[K+]. The predicted molar refractivity (Wildman–Crippen MR) is 156 cm³/mol. The van der Waals surface area contributed by atoms with E-state index in [1.807, 2.05) is 55.5 Å². The van der Waals surface area contributed by atoms with Gasteiger partial charge in [-0.2, -0.15) is 0 Å². The Labute approximate surface area is 290 Å². The summed E-state index contributed by atoms with van der Waals surface area (Å²) in [5, 5.41) is 3.80. The quantitative estimate of drug-likeness (QED) is 0.172. The summed E-state index contributed by atoms with van der Waals surface area (Å²) < 4.78 is 17.8. The van der Waals surface area contributed by atoms with Crippen LogP contribution in [-0.2, 0) is 13.1 Å². The molecule has 1 N–H and O–H groups in total. The number of rotatable bonds is 11. The summed E-state index contributed by atoms with van der Waals surface area (Å²) in [6, 6.07) is 22.6. The van der Waals surface area contributed by atoms with Crippen LogP contribution in [0.2, 0.25) is 0 Å². The van der Waals surface area contributed by atoms with Gasteiger partial charge < -0.3 is 10.9 Å². The molecule has 0 spiro atoms. The maximum absolute atomic E-state index is 13.6. The second kappa shape index (κ2) is 14.6. The van der Waals surface area contributed by atoms with E-state index in [0.717, 1.165) is 21.3 Å². The first-order valence-corrected chi connectivity index (χ1v) is 13.3. The number of nitrogens with one attached hydrogen (secondary N) is 1. The molecule has 0 atom stereocenters. The molecule has 0 saturated heterocycles. The van der Waals surface area contributed by atoms with Gasteiger partial charge in [-0.25, -0.2) is 9.59 Å². The van der Waals surface area contributed by atoms with Gasteiger partial charge in [-0.15, -0.1) is 0 Å². The Kier molecular flexibility index (Phi) is 10.9. The number of carbonyl (C=O) groups is 1. The average Bonchev–Trinajstić information content (AvgIpc) is 3.46. The van der Waals surface area contributed by atoms with Crippen molar-refractivity contribution in [2.45, 2.75) is 26.4 Å². The van der Waals surface area contributed by atoms with Gasteiger partial charge in [-0.1, -0.05) is 60.6 Å². The van der Waals surface area contributed by atoms with Crippen LogP contribution in [0.4, 0.5) is 0 Å². The fourth-order valence-electron chi connectivity index (χ4n) is 4.48. The maximum atomic E-state index is 13.6. The fraction of sp³-hybridized carbons (Fsp3) is 0.194. The van der Waals surface area contributed by atoms with Crippen molar-refractivity contribution < 1.29 is 71.6 Å². The molecule has 0 aliphatic carbocycles. The average molecular weight is 609 g/mol. The molecule has 43 heavy (non-hydrogen) atoms. The molecule has 2 aromatic heterocycles. The van der Waals surface area contributed by atoms with Crippen LogP contribution in [0, 0.1) is 0 Å². The van der Waals surface area contributed by atoms with Crippen LogP contribution in [0.5, 0.6) is 11.6 Å². The Balaban J connectivity index is 0.00000264. The first-order chi connectivity index (χ1) is 20.4. The first kappa shape index (κ1) is 32.1. The summed E-state index contributed by atoms with van der Waals surface area (Å²) in [4.78, 5) is 53.5. The van der Waals surface area contributed by atoms with Crippen molar-refractivity contribution in [1.29, 1.82) is 0 Å². The number of benzene rings is 3. The van der Waals surface area contributed by atoms with E-state index in [9.17, 15) is 19.2 Å². The molecule has 0 aliphatic heterocycles. The normalized spacial score (nSPS) is 10.7. The van der Waals surface area contributed by atoms with E-state index in [0.29, 0.717) is 35.7 Å². The van der Waals surface area contributed by atoms with Gasteiger partial charge in [0.25, 0.3) is 5.56 Å². The van der Waals surface area contributed by atoms with Crippen molar-refractivity contribution in [3.63, 3.8) is 0 Å².